The van der Waals surface area contributed by atoms with Gasteiger partial charge in [0.05, 0.1) is 11.4 Å². The van der Waals surface area contributed by atoms with Gasteiger partial charge in [0.15, 0.2) is 5.03 Å². The highest BCUT2D eigenvalue weighted by atomic mass is 79.9. The fraction of sp³-hybridized carbons (Fsp3) is 0.0909. The van der Waals surface area contributed by atoms with Crippen molar-refractivity contribution in [2.24, 2.45) is 0 Å². The van der Waals surface area contributed by atoms with Crippen LogP contribution in [0.15, 0.2) is 46.2 Å². The fourth-order valence-electron chi connectivity index (χ4n) is 1.31. The predicted molar refractivity (Wildman–Crippen MR) is 71.7 cm³/mol. The monoisotopic (exact) mass is 327 g/mol. The first-order valence-corrected chi connectivity index (χ1v) is 7.33. The third-order valence-corrected chi connectivity index (χ3v) is 3.98. The molecular weight excluding hydrogens is 318 g/mol. The van der Waals surface area contributed by atoms with Crippen molar-refractivity contribution in [2.45, 2.75) is 11.9 Å². The number of anilines is 1. The molecule has 0 aliphatic rings. The molecule has 2 heterocycles. The van der Waals surface area contributed by atoms with E-state index in [1.165, 1.54) is 12.3 Å². The molecule has 0 fully saturated rings. The number of halogens is 1. The zero-order valence-electron chi connectivity index (χ0n) is 9.46. The van der Waals surface area contributed by atoms with E-state index in [9.17, 15) is 8.42 Å². The third-order valence-electron chi connectivity index (χ3n) is 2.23. The Morgan fingerprint density at radius 2 is 2.00 bits per heavy atom. The van der Waals surface area contributed by atoms with Crippen LogP contribution in [0.1, 0.15) is 5.69 Å². The highest BCUT2D eigenvalue weighted by molar-refractivity contribution is 9.10. The zero-order valence-corrected chi connectivity index (χ0v) is 11.9. The number of aryl methyl sites for hydroxylation is 1. The van der Waals surface area contributed by atoms with E-state index in [-0.39, 0.29) is 5.03 Å². The van der Waals surface area contributed by atoms with Crippen LogP contribution < -0.4 is 4.72 Å². The van der Waals surface area contributed by atoms with E-state index in [0.29, 0.717) is 11.4 Å². The van der Waals surface area contributed by atoms with Crippen molar-refractivity contribution in [1.29, 1.82) is 0 Å². The van der Waals surface area contributed by atoms with Crippen molar-refractivity contribution in [3.05, 3.63) is 46.8 Å². The van der Waals surface area contributed by atoms with Crippen LogP contribution >= 0.6 is 15.9 Å². The molecule has 0 aromatic carbocycles. The summed E-state index contributed by atoms with van der Waals surface area (Å²) in [6, 6.07) is 6.37. The minimum absolute atomic E-state index is 0.0334. The van der Waals surface area contributed by atoms with Crippen molar-refractivity contribution in [3.8, 4) is 0 Å². The number of nitrogens with zero attached hydrogens (tertiary/aromatic N) is 2. The summed E-state index contributed by atoms with van der Waals surface area (Å²) >= 11 is 3.20. The number of nitrogens with one attached hydrogen (secondary N) is 1. The van der Waals surface area contributed by atoms with Gasteiger partial charge in [0.2, 0.25) is 0 Å². The van der Waals surface area contributed by atoms with Gasteiger partial charge in [-0.2, -0.15) is 8.42 Å². The summed E-state index contributed by atoms with van der Waals surface area (Å²) in [4.78, 5) is 7.87. The molecule has 0 amide bonds. The first-order chi connectivity index (χ1) is 8.49. The number of pyridine rings is 2. The number of hydrogen-bond acceptors (Lipinski definition) is 4. The van der Waals surface area contributed by atoms with Crippen LogP contribution in [0.2, 0.25) is 0 Å². The van der Waals surface area contributed by atoms with Crippen LogP contribution in [0.25, 0.3) is 0 Å². The Labute approximate surface area is 113 Å². The van der Waals surface area contributed by atoms with E-state index in [2.05, 4.69) is 30.6 Å². The van der Waals surface area contributed by atoms with Gasteiger partial charge in [0.1, 0.15) is 0 Å². The topological polar surface area (TPSA) is 72.0 Å². The van der Waals surface area contributed by atoms with Crippen molar-refractivity contribution in [3.63, 3.8) is 0 Å². The van der Waals surface area contributed by atoms with Gasteiger partial charge in [-0.15, -0.1) is 0 Å². The highest BCUT2D eigenvalue weighted by Gasteiger charge is 2.16. The number of rotatable bonds is 3. The molecule has 5 nitrogen and oxygen atoms in total. The van der Waals surface area contributed by atoms with Crippen molar-refractivity contribution in [1.82, 2.24) is 9.97 Å². The molecule has 0 spiro atoms. The highest BCUT2D eigenvalue weighted by Crippen LogP contribution is 2.17. The summed E-state index contributed by atoms with van der Waals surface area (Å²) in [6.45, 7) is 1.73. The molecule has 1 N–H and O–H groups in total. The molecule has 0 unspecified atom stereocenters. The van der Waals surface area contributed by atoms with Crippen molar-refractivity contribution < 1.29 is 8.42 Å². The van der Waals surface area contributed by atoms with Crippen LogP contribution in [0.5, 0.6) is 0 Å². The molecule has 94 valence electrons. The average Bonchev–Trinajstić information content (AvgIpc) is 2.32. The molecule has 2 aromatic rings. The van der Waals surface area contributed by atoms with E-state index < -0.39 is 10.0 Å². The van der Waals surface area contributed by atoms with Crippen molar-refractivity contribution >= 4 is 31.6 Å². The Morgan fingerprint density at radius 3 is 2.61 bits per heavy atom. The zero-order chi connectivity index (χ0) is 13.2. The largest absolute Gasteiger partial charge is 0.279 e. The Balaban J connectivity index is 2.33. The standard InChI is InChI=1S/C11H10BrN3O2S/c1-8-10(3-2-6-13-8)15-18(16,17)11-5-4-9(12)7-14-11/h2-7,15H,1H3. The first kappa shape index (κ1) is 13.0. The molecule has 18 heavy (non-hydrogen) atoms. The lowest BCUT2D eigenvalue weighted by molar-refractivity contribution is 0.597. The second-order valence-electron chi connectivity index (χ2n) is 3.56. The van der Waals surface area contributed by atoms with Crippen LogP contribution in [-0.4, -0.2) is 18.4 Å². The SMILES string of the molecule is Cc1ncccc1NS(=O)(=O)c1ccc(Br)cn1. The lowest BCUT2D eigenvalue weighted by Gasteiger charge is -2.08. The third kappa shape index (κ3) is 2.85. The van der Waals surface area contributed by atoms with Gasteiger partial charge in [-0.25, -0.2) is 4.98 Å². The van der Waals surface area contributed by atoms with E-state index in [4.69, 9.17) is 0 Å². The van der Waals surface area contributed by atoms with Crippen LogP contribution in [-0.2, 0) is 10.0 Å². The number of aromatic nitrogens is 2. The normalized spacial score (nSPS) is 11.2. The summed E-state index contributed by atoms with van der Waals surface area (Å²) in [5.41, 5.74) is 1.06. The summed E-state index contributed by atoms with van der Waals surface area (Å²) in [5.74, 6) is 0. The second-order valence-corrected chi connectivity index (χ2v) is 6.10. The maximum absolute atomic E-state index is 12.0. The minimum Gasteiger partial charge on any atom is -0.277 e. The maximum Gasteiger partial charge on any atom is 0.279 e. The van der Waals surface area contributed by atoms with Gasteiger partial charge < -0.3 is 0 Å². The molecule has 0 saturated heterocycles. The lowest BCUT2D eigenvalue weighted by atomic mass is 10.3. The molecule has 0 saturated carbocycles. The molecule has 0 radical (unpaired) electrons. The molecular formula is C11H10BrN3O2S. The molecule has 7 heteroatoms. The van der Waals surface area contributed by atoms with E-state index in [0.717, 1.165) is 4.47 Å². The predicted octanol–water partition coefficient (Wildman–Crippen LogP) is 2.35. The Bertz CT molecular complexity index is 656. The van der Waals surface area contributed by atoms with Gasteiger partial charge in [-0.05, 0) is 47.1 Å². The van der Waals surface area contributed by atoms with Gasteiger partial charge in [0.25, 0.3) is 10.0 Å². The van der Waals surface area contributed by atoms with Gasteiger partial charge in [0, 0.05) is 16.9 Å². The summed E-state index contributed by atoms with van der Waals surface area (Å²) in [7, 11) is -3.67. The van der Waals surface area contributed by atoms with Crippen molar-refractivity contribution in [2.75, 3.05) is 4.72 Å². The average molecular weight is 328 g/mol. The van der Waals surface area contributed by atoms with Crippen LogP contribution in [0, 0.1) is 6.92 Å². The fourth-order valence-corrected chi connectivity index (χ4v) is 2.59. The summed E-state index contributed by atoms with van der Waals surface area (Å²) in [5, 5.41) is -0.0334. The maximum atomic E-state index is 12.0. The summed E-state index contributed by atoms with van der Waals surface area (Å²) < 4.78 is 27.3. The molecule has 2 rings (SSSR count). The van der Waals surface area contributed by atoms with E-state index in [1.54, 1.807) is 31.3 Å². The Hall–Kier alpha value is -1.47. The second kappa shape index (κ2) is 5.03. The van der Waals surface area contributed by atoms with E-state index in [1.807, 2.05) is 0 Å². The first-order valence-electron chi connectivity index (χ1n) is 5.05. The van der Waals surface area contributed by atoms with E-state index >= 15 is 0 Å². The van der Waals surface area contributed by atoms with Crippen LogP contribution in [0.4, 0.5) is 5.69 Å². The smallest absolute Gasteiger partial charge is 0.277 e. The number of sulfonamides is 1. The molecule has 0 bridgehead atoms. The van der Waals surface area contributed by atoms with Gasteiger partial charge >= 0.3 is 0 Å². The quantitative estimate of drug-likeness (QED) is 0.939. The molecule has 0 atom stereocenters. The Morgan fingerprint density at radius 1 is 1.22 bits per heavy atom. The summed E-state index contributed by atoms with van der Waals surface area (Å²) in [6.07, 6.45) is 3.04. The molecule has 0 aliphatic carbocycles. The van der Waals surface area contributed by atoms with Gasteiger partial charge in [-0.3, -0.25) is 9.71 Å². The molecule has 2 aromatic heterocycles. The minimum atomic E-state index is -3.67. The lowest BCUT2D eigenvalue weighted by Crippen LogP contribution is -2.15. The molecule has 0 aliphatic heterocycles. The Kier molecular flexibility index (Phi) is 3.63. The number of hydrogen-bond donors (Lipinski definition) is 1. The van der Waals surface area contributed by atoms with Crippen LogP contribution in [0.3, 0.4) is 0 Å². The van der Waals surface area contributed by atoms with Gasteiger partial charge in [-0.1, -0.05) is 0 Å².